The average molecular weight is 525 g/mol. The van der Waals surface area contributed by atoms with Crippen molar-refractivity contribution < 1.29 is 9.53 Å². The number of benzene rings is 3. The minimum atomic E-state index is 0.0470. The lowest BCUT2D eigenvalue weighted by molar-refractivity contribution is -0.117. The highest BCUT2D eigenvalue weighted by atomic mass is 79.9. The number of nitrogens with zero attached hydrogens (tertiary/aromatic N) is 3. The summed E-state index contributed by atoms with van der Waals surface area (Å²) in [6.07, 6.45) is 1.29. The number of para-hydroxylation sites is 2. The summed E-state index contributed by atoms with van der Waals surface area (Å²) in [5, 5.41) is 0.695. The van der Waals surface area contributed by atoms with Crippen molar-refractivity contribution >= 4 is 50.2 Å². The van der Waals surface area contributed by atoms with Gasteiger partial charge in [0.1, 0.15) is 11.6 Å². The Morgan fingerprint density at radius 1 is 1.03 bits per heavy atom. The molecule has 2 heterocycles. The first kappa shape index (κ1) is 22.0. The first-order valence-electron chi connectivity index (χ1n) is 11.0. The summed E-state index contributed by atoms with van der Waals surface area (Å²) in [7, 11) is 0. The van der Waals surface area contributed by atoms with Crippen LogP contribution >= 0.6 is 27.5 Å². The van der Waals surface area contributed by atoms with Gasteiger partial charge in [-0.15, -0.1) is 0 Å². The second-order valence-corrected chi connectivity index (χ2v) is 9.50. The molecule has 1 unspecified atom stereocenters. The molecule has 168 valence electrons. The van der Waals surface area contributed by atoms with E-state index in [0.717, 1.165) is 45.7 Å². The number of halogens is 2. The topological polar surface area (TPSA) is 47.4 Å². The Labute approximate surface area is 206 Å². The molecular formula is C26H23BrClN3O2. The van der Waals surface area contributed by atoms with E-state index in [0.29, 0.717) is 24.6 Å². The summed E-state index contributed by atoms with van der Waals surface area (Å²) in [5.74, 6) is 1.95. The number of carbonyl (C=O) groups excluding carboxylic acids is 1. The number of imidazole rings is 1. The van der Waals surface area contributed by atoms with Crippen molar-refractivity contribution in [3.63, 3.8) is 0 Å². The van der Waals surface area contributed by atoms with E-state index in [1.807, 2.05) is 71.6 Å². The highest BCUT2D eigenvalue weighted by Gasteiger charge is 2.34. The molecule has 5 rings (SSSR count). The molecule has 1 aliphatic rings. The molecule has 0 bridgehead atoms. The van der Waals surface area contributed by atoms with Gasteiger partial charge in [-0.2, -0.15) is 0 Å². The van der Waals surface area contributed by atoms with Crippen molar-refractivity contribution in [2.75, 3.05) is 18.1 Å². The van der Waals surface area contributed by atoms with Gasteiger partial charge in [-0.1, -0.05) is 39.7 Å². The number of aryl methyl sites for hydroxylation is 1. The van der Waals surface area contributed by atoms with Gasteiger partial charge in [-0.3, -0.25) is 4.79 Å². The maximum atomic E-state index is 12.9. The van der Waals surface area contributed by atoms with Crippen molar-refractivity contribution in [1.82, 2.24) is 9.55 Å². The lowest BCUT2D eigenvalue weighted by Crippen LogP contribution is -2.24. The number of amides is 1. The first-order valence-corrected chi connectivity index (χ1v) is 12.1. The van der Waals surface area contributed by atoms with Gasteiger partial charge < -0.3 is 14.2 Å². The lowest BCUT2D eigenvalue weighted by Gasteiger charge is -2.17. The first-order chi connectivity index (χ1) is 16.1. The largest absolute Gasteiger partial charge is 0.494 e. The van der Waals surface area contributed by atoms with Gasteiger partial charge in [0.15, 0.2) is 0 Å². The van der Waals surface area contributed by atoms with Crippen LogP contribution in [0.2, 0.25) is 5.02 Å². The van der Waals surface area contributed by atoms with Gasteiger partial charge in [0.05, 0.1) is 17.6 Å². The molecule has 4 aromatic rings. The standard InChI is InChI=1S/C26H23BrClN3O2/c27-19-6-10-21(11-7-19)31-17-18(16-25(31)32)26-29-23-4-1-2-5-24(23)30(26)14-3-15-33-22-12-8-20(28)9-13-22/h1-2,4-13,18H,3,14-17H2. The third-order valence-corrected chi connectivity index (χ3v) is 6.70. The molecule has 1 fully saturated rings. The third kappa shape index (κ3) is 4.77. The van der Waals surface area contributed by atoms with Crippen LogP contribution in [0.3, 0.4) is 0 Å². The number of ether oxygens (including phenoxy) is 1. The number of anilines is 1. The zero-order valence-corrected chi connectivity index (χ0v) is 20.3. The molecule has 3 aromatic carbocycles. The Morgan fingerprint density at radius 3 is 2.58 bits per heavy atom. The predicted molar refractivity (Wildman–Crippen MR) is 135 cm³/mol. The predicted octanol–water partition coefficient (Wildman–Crippen LogP) is 6.44. The molecule has 1 amide bonds. The molecule has 1 atom stereocenters. The fraction of sp³-hybridized carbons (Fsp3) is 0.231. The fourth-order valence-corrected chi connectivity index (χ4v) is 4.73. The second-order valence-electron chi connectivity index (χ2n) is 8.15. The van der Waals surface area contributed by atoms with Crippen LogP contribution in [0.15, 0.2) is 77.3 Å². The molecule has 1 aromatic heterocycles. The quantitative estimate of drug-likeness (QED) is 0.261. The molecule has 7 heteroatoms. The van der Waals surface area contributed by atoms with Crippen molar-refractivity contribution in [3.8, 4) is 5.75 Å². The molecule has 5 nitrogen and oxygen atoms in total. The van der Waals surface area contributed by atoms with E-state index in [2.05, 4.69) is 26.6 Å². The molecule has 0 saturated carbocycles. The van der Waals surface area contributed by atoms with E-state index >= 15 is 0 Å². The zero-order chi connectivity index (χ0) is 22.8. The van der Waals surface area contributed by atoms with Gasteiger partial charge in [-0.05, 0) is 67.1 Å². The van der Waals surface area contributed by atoms with Crippen LogP contribution in [0.25, 0.3) is 11.0 Å². The Bertz CT molecular complexity index is 1270. The van der Waals surface area contributed by atoms with E-state index < -0.39 is 0 Å². The monoisotopic (exact) mass is 523 g/mol. The average Bonchev–Trinajstić information content (AvgIpc) is 3.39. The van der Waals surface area contributed by atoms with Crippen LogP contribution in [-0.4, -0.2) is 28.6 Å². The van der Waals surface area contributed by atoms with Crippen LogP contribution in [0.5, 0.6) is 5.75 Å². The number of hydrogen-bond acceptors (Lipinski definition) is 3. The third-order valence-electron chi connectivity index (χ3n) is 5.92. The number of rotatable bonds is 7. The summed E-state index contributed by atoms with van der Waals surface area (Å²) >= 11 is 9.41. The van der Waals surface area contributed by atoms with Crippen LogP contribution < -0.4 is 9.64 Å². The molecule has 0 aliphatic carbocycles. The fourth-order valence-electron chi connectivity index (χ4n) is 4.34. The van der Waals surface area contributed by atoms with Crippen LogP contribution in [0.4, 0.5) is 5.69 Å². The van der Waals surface area contributed by atoms with Crippen molar-refractivity contribution in [1.29, 1.82) is 0 Å². The Kier molecular flexibility index (Phi) is 6.38. The second kappa shape index (κ2) is 9.57. The van der Waals surface area contributed by atoms with E-state index in [1.165, 1.54) is 0 Å². The highest BCUT2D eigenvalue weighted by Crippen LogP contribution is 2.33. The number of hydrogen-bond donors (Lipinski definition) is 0. The number of fused-ring (bicyclic) bond motifs is 1. The van der Waals surface area contributed by atoms with Crippen molar-refractivity contribution in [2.24, 2.45) is 0 Å². The van der Waals surface area contributed by atoms with Crippen LogP contribution in [-0.2, 0) is 11.3 Å². The Morgan fingerprint density at radius 2 is 1.79 bits per heavy atom. The van der Waals surface area contributed by atoms with Gasteiger partial charge in [0, 0.05) is 40.6 Å². The normalized spacial score (nSPS) is 16.0. The summed E-state index contributed by atoms with van der Waals surface area (Å²) in [4.78, 5) is 19.7. The SMILES string of the molecule is O=C1CC(c2nc3ccccc3n2CCCOc2ccc(Cl)cc2)CN1c1ccc(Br)cc1. The minimum absolute atomic E-state index is 0.0470. The Balaban J connectivity index is 1.34. The molecule has 33 heavy (non-hydrogen) atoms. The summed E-state index contributed by atoms with van der Waals surface area (Å²) in [5.41, 5.74) is 2.97. The number of aromatic nitrogens is 2. The summed E-state index contributed by atoms with van der Waals surface area (Å²) < 4.78 is 9.13. The molecule has 1 saturated heterocycles. The molecule has 0 N–H and O–H groups in total. The van der Waals surface area contributed by atoms with Crippen molar-refractivity contribution in [2.45, 2.75) is 25.3 Å². The van der Waals surface area contributed by atoms with Crippen LogP contribution in [0, 0.1) is 0 Å². The Hall–Kier alpha value is -2.83. The van der Waals surface area contributed by atoms with Gasteiger partial charge in [-0.25, -0.2) is 4.98 Å². The zero-order valence-electron chi connectivity index (χ0n) is 18.0. The lowest BCUT2D eigenvalue weighted by atomic mass is 10.1. The van der Waals surface area contributed by atoms with E-state index in [1.54, 1.807) is 0 Å². The van der Waals surface area contributed by atoms with Gasteiger partial charge in [0.25, 0.3) is 0 Å². The van der Waals surface area contributed by atoms with E-state index in [-0.39, 0.29) is 11.8 Å². The smallest absolute Gasteiger partial charge is 0.227 e. The molecule has 0 spiro atoms. The van der Waals surface area contributed by atoms with Gasteiger partial charge in [0.2, 0.25) is 5.91 Å². The van der Waals surface area contributed by atoms with Gasteiger partial charge >= 0.3 is 0 Å². The van der Waals surface area contributed by atoms with E-state index in [9.17, 15) is 4.79 Å². The maximum Gasteiger partial charge on any atom is 0.227 e. The van der Waals surface area contributed by atoms with Crippen LogP contribution in [0.1, 0.15) is 24.6 Å². The number of carbonyl (C=O) groups is 1. The maximum absolute atomic E-state index is 12.9. The summed E-state index contributed by atoms with van der Waals surface area (Å²) in [6, 6.07) is 23.4. The molecule has 1 aliphatic heterocycles. The van der Waals surface area contributed by atoms with E-state index in [4.69, 9.17) is 21.3 Å². The minimum Gasteiger partial charge on any atom is -0.494 e. The summed E-state index contributed by atoms with van der Waals surface area (Å²) in [6.45, 7) is 1.99. The highest BCUT2D eigenvalue weighted by molar-refractivity contribution is 9.10. The van der Waals surface area contributed by atoms with Crippen molar-refractivity contribution in [3.05, 3.63) is 88.1 Å². The molecule has 0 radical (unpaired) electrons. The molecular weight excluding hydrogens is 502 g/mol.